The molecule has 1 atom stereocenters. The molecule has 1 aliphatic rings. The van der Waals surface area contributed by atoms with Crippen LogP contribution in [0.4, 0.5) is 4.39 Å². The molecule has 0 bridgehead atoms. The summed E-state index contributed by atoms with van der Waals surface area (Å²) < 4.78 is 13.0. The first-order valence-corrected chi connectivity index (χ1v) is 6.05. The largest absolute Gasteiger partial charge is 0.340 e. The first-order valence-electron chi connectivity index (χ1n) is 5.60. The summed E-state index contributed by atoms with van der Waals surface area (Å²) in [5, 5.41) is 4.63. The zero-order valence-corrected chi connectivity index (χ0v) is 10.7. The third kappa shape index (κ3) is 3.11. The number of hydrogen-bond donors (Lipinski definition) is 3. The fraction of sp³-hybridized carbons (Fsp3) is 0.250. The van der Waals surface area contributed by atoms with Gasteiger partial charge in [-0.05, 0) is 24.6 Å². The van der Waals surface area contributed by atoms with E-state index in [-0.39, 0.29) is 29.2 Å². The van der Waals surface area contributed by atoms with Gasteiger partial charge in [-0.1, -0.05) is 0 Å². The molecular formula is C12H11FN2O3S. The Bertz CT molecular complexity index is 562. The van der Waals surface area contributed by atoms with E-state index < -0.39 is 23.7 Å². The molecule has 1 saturated heterocycles. The van der Waals surface area contributed by atoms with Crippen LogP contribution < -0.4 is 10.6 Å². The second-order valence-electron chi connectivity index (χ2n) is 4.14. The number of amides is 3. The molecule has 0 radical (unpaired) electrons. The highest BCUT2D eigenvalue weighted by molar-refractivity contribution is 7.80. The van der Waals surface area contributed by atoms with Crippen LogP contribution in [0, 0.1) is 5.82 Å². The number of thiol groups is 1. The summed E-state index contributed by atoms with van der Waals surface area (Å²) in [4.78, 5) is 34.4. The average Bonchev–Trinajstić information content (AvgIpc) is 2.36. The third-order valence-electron chi connectivity index (χ3n) is 2.75. The molecule has 1 aromatic rings. The van der Waals surface area contributed by atoms with Gasteiger partial charge in [0.1, 0.15) is 11.9 Å². The first-order chi connectivity index (χ1) is 8.97. The lowest BCUT2D eigenvalue weighted by atomic mass is 10.1. The average molecular weight is 282 g/mol. The highest BCUT2D eigenvalue weighted by Gasteiger charge is 2.28. The predicted octanol–water partition coefficient (Wildman–Crippen LogP) is 0.649. The van der Waals surface area contributed by atoms with Crippen LogP contribution in [0.15, 0.2) is 23.1 Å². The second-order valence-corrected chi connectivity index (χ2v) is 4.63. The van der Waals surface area contributed by atoms with Gasteiger partial charge in [0.05, 0.1) is 0 Å². The number of carbonyl (C=O) groups excluding carboxylic acids is 3. The van der Waals surface area contributed by atoms with Gasteiger partial charge in [0.2, 0.25) is 11.8 Å². The number of imide groups is 1. The molecule has 0 spiro atoms. The molecule has 1 aliphatic heterocycles. The topological polar surface area (TPSA) is 75.3 Å². The van der Waals surface area contributed by atoms with E-state index in [1.54, 1.807) is 0 Å². The van der Waals surface area contributed by atoms with Crippen LogP contribution in [-0.4, -0.2) is 23.8 Å². The minimum atomic E-state index is -0.751. The van der Waals surface area contributed by atoms with E-state index >= 15 is 0 Å². The molecule has 1 heterocycles. The molecule has 19 heavy (non-hydrogen) atoms. The fourth-order valence-electron chi connectivity index (χ4n) is 1.73. The van der Waals surface area contributed by atoms with E-state index in [0.29, 0.717) is 0 Å². The number of halogens is 1. The van der Waals surface area contributed by atoms with Crippen molar-refractivity contribution in [3.8, 4) is 0 Å². The standard InChI is InChI=1S/C12H11FN2O3S/c13-7-2-1-6(5-9(7)19)11(17)14-8-3-4-10(16)15-12(8)18/h1-2,5,8,19H,3-4H2,(H,14,17)(H,15,16,18). The summed E-state index contributed by atoms with van der Waals surface area (Å²) in [5.41, 5.74) is 0.205. The molecule has 5 nitrogen and oxygen atoms in total. The van der Waals surface area contributed by atoms with Crippen LogP contribution in [0.25, 0.3) is 0 Å². The van der Waals surface area contributed by atoms with Crippen molar-refractivity contribution >= 4 is 30.4 Å². The Balaban J connectivity index is 2.06. The van der Waals surface area contributed by atoms with Gasteiger partial charge in [0, 0.05) is 16.9 Å². The van der Waals surface area contributed by atoms with Gasteiger partial charge in [-0.15, -0.1) is 12.6 Å². The van der Waals surface area contributed by atoms with Crippen LogP contribution in [0.3, 0.4) is 0 Å². The van der Waals surface area contributed by atoms with E-state index in [9.17, 15) is 18.8 Å². The zero-order chi connectivity index (χ0) is 14.0. The van der Waals surface area contributed by atoms with Crippen molar-refractivity contribution in [1.29, 1.82) is 0 Å². The first kappa shape index (κ1) is 13.5. The number of nitrogens with one attached hydrogen (secondary N) is 2. The summed E-state index contributed by atoms with van der Waals surface area (Å²) in [6.07, 6.45) is 0.434. The summed E-state index contributed by atoms with van der Waals surface area (Å²) >= 11 is 3.88. The number of piperidine rings is 1. The molecule has 2 rings (SSSR count). The highest BCUT2D eigenvalue weighted by Crippen LogP contribution is 2.14. The quantitative estimate of drug-likeness (QED) is 0.551. The summed E-state index contributed by atoms with van der Waals surface area (Å²) in [6, 6.07) is 2.95. The Labute approximate surface area is 114 Å². The van der Waals surface area contributed by atoms with Crippen molar-refractivity contribution < 1.29 is 18.8 Å². The Hall–Kier alpha value is -1.89. The molecule has 1 aromatic carbocycles. The van der Waals surface area contributed by atoms with Gasteiger partial charge >= 0.3 is 0 Å². The maximum Gasteiger partial charge on any atom is 0.251 e. The minimum absolute atomic E-state index is 0.0518. The van der Waals surface area contributed by atoms with E-state index in [1.165, 1.54) is 12.1 Å². The summed E-state index contributed by atoms with van der Waals surface area (Å²) in [5.74, 6) is -1.92. The fourth-order valence-corrected chi connectivity index (χ4v) is 1.94. The molecule has 3 amide bonds. The van der Waals surface area contributed by atoms with Crippen LogP contribution in [0.5, 0.6) is 0 Å². The summed E-state index contributed by atoms with van der Waals surface area (Å²) in [7, 11) is 0. The third-order valence-corrected chi connectivity index (χ3v) is 3.10. The van der Waals surface area contributed by atoms with Gasteiger partial charge in [0.15, 0.2) is 0 Å². The van der Waals surface area contributed by atoms with E-state index in [4.69, 9.17) is 0 Å². The molecule has 7 heteroatoms. The molecular weight excluding hydrogens is 271 g/mol. The van der Waals surface area contributed by atoms with Gasteiger partial charge in [-0.2, -0.15) is 0 Å². The second kappa shape index (κ2) is 5.40. The number of carbonyl (C=O) groups is 3. The highest BCUT2D eigenvalue weighted by atomic mass is 32.1. The Morgan fingerprint density at radius 2 is 2.16 bits per heavy atom. The SMILES string of the molecule is O=C1CCC(NC(=O)c2ccc(F)c(S)c2)C(=O)N1. The lowest BCUT2D eigenvalue weighted by molar-refractivity contribution is -0.134. The maximum absolute atomic E-state index is 13.0. The van der Waals surface area contributed by atoms with E-state index in [1.807, 2.05) is 0 Å². The smallest absolute Gasteiger partial charge is 0.251 e. The Morgan fingerprint density at radius 1 is 1.42 bits per heavy atom. The van der Waals surface area contributed by atoms with Gasteiger partial charge in [-0.25, -0.2) is 4.39 Å². The summed E-state index contributed by atoms with van der Waals surface area (Å²) in [6.45, 7) is 0. The number of rotatable bonds is 2. The van der Waals surface area contributed by atoms with Gasteiger partial charge in [0.25, 0.3) is 5.91 Å². The number of hydrogen-bond acceptors (Lipinski definition) is 4. The van der Waals surface area contributed by atoms with Crippen LogP contribution in [0.1, 0.15) is 23.2 Å². The normalized spacial score (nSPS) is 18.9. The molecule has 0 aromatic heterocycles. The molecule has 2 N–H and O–H groups in total. The van der Waals surface area contributed by atoms with Crippen LogP contribution in [-0.2, 0) is 9.59 Å². The zero-order valence-electron chi connectivity index (χ0n) is 9.77. The van der Waals surface area contributed by atoms with E-state index in [0.717, 1.165) is 6.07 Å². The van der Waals surface area contributed by atoms with Crippen molar-refractivity contribution in [3.05, 3.63) is 29.6 Å². The predicted molar refractivity (Wildman–Crippen MR) is 67.3 cm³/mol. The van der Waals surface area contributed by atoms with Crippen LogP contribution in [0.2, 0.25) is 0 Å². The van der Waals surface area contributed by atoms with Crippen molar-refractivity contribution in [2.24, 2.45) is 0 Å². The van der Waals surface area contributed by atoms with Crippen molar-refractivity contribution in [3.63, 3.8) is 0 Å². The molecule has 0 saturated carbocycles. The number of benzene rings is 1. The molecule has 100 valence electrons. The Morgan fingerprint density at radius 3 is 2.79 bits per heavy atom. The van der Waals surface area contributed by atoms with Crippen LogP contribution >= 0.6 is 12.6 Å². The minimum Gasteiger partial charge on any atom is -0.340 e. The van der Waals surface area contributed by atoms with Crippen molar-refractivity contribution in [2.75, 3.05) is 0 Å². The lowest BCUT2D eigenvalue weighted by Crippen LogP contribution is -2.52. The Kier molecular flexibility index (Phi) is 3.84. The van der Waals surface area contributed by atoms with Crippen molar-refractivity contribution in [1.82, 2.24) is 10.6 Å². The van der Waals surface area contributed by atoms with E-state index in [2.05, 4.69) is 23.3 Å². The van der Waals surface area contributed by atoms with Gasteiger partial charge < -0.3 is 5.32 Å². The maximum atomic E-state index is 13.0. The molecule has 1 fully saturated rings. The van der Waals surface area contributed by atoms with Crippen molar-refractivity contribution in [2.45, 2.75) is 23.8 Å². The monoisotopic (exact) mass is 282 g/mol. The molecule has 0 aliphatic carbocycles. The lowest BCUT2D eigenvalue weighted by Gasteiger charge is -2.21. The molecule has 1 unspecified atom stereocenters. The van der Waals surface area contributed by atoms with Gasteiger partial charge in [-0.3, -0.25) is 19.7 Å².